The molecule has 4 heteroatoms. The van der Waals surface area contributed by atoms with E-state index in [1.54, 1.807) is 17.8 Å². The van der Waals surface area contributed by atoms with Crippen molar-refractivity contribution in [2.24, 2.45) is 7.05 Å². The number of rotatable bonds is 2. The number of carbonyl (C=O) groups is 1. The van der Waals surface area contributed by atoms with Gasteiger partial charge in [-0.25, -0.2) is 4.79 Å². The molecule has 4 nitrogen and oxygen atoms in total. The van der Waals surface area contributed by atoms with Crippen LogP contribution in [-0.4, -0.2) is 22.9 Å². The van der Waals surface area contributed by atoms with Crippen LogP contribution in [0.2, 0.25) is 0 Å². The fourth-order valence-corrected chi connectivity index (χ4v) is 1.33. The van der Waals surface area contributed by atoms with Crippen LogP contribution in [0, 0.1) is 12.3 Å². The van der Waals surface area contributed by atoms with E-state index in [-0.39, 0.29) is 5.69 Å². The first-order chi connectivity index (χ1) is 6.92. The largest absolute Gasteiger partial charge is 0.464 e. The van der Waals surface area contributed by atoms with Gasteiger partial charge in [-0.05, 0) is 19.9 Å². The van der Waals surface area contributed by atoms with Crippen molar-refractivity contribution >= 4 is 5.97 Å². The SMILES string of the molecule is C#CC(C)(C)c1cc(C(=O)OC)nn1C. The minimum atomic E-state index is -0.454. The van der Waals surface area contributed by atoms with E-state index >= 15 is 0 Å². The number of ether oxygens (including phenoxy) is 1. The summed E-state index contributed by atoms with van der Waals surface area (Å²) in [4.78, 5) is 11.2. The second-order valence-corrected chi connectivity index (χ2v) is 3.80. The van der Waals surface area contributed by atoms with E-state index in [2.05, 4.69) is 15.8 Å². The number of methoxy groups -OCH3 is 1. The zero-order valence-electron chi connectivity index (χ0n) is 9.37. The van der Waals surface area contributed by atoms with E-state index in [9.17, 15) is 4.79 Å². The third kappa shape index (κ3) is 2.01. The first kappa shape index (κ1) is 11.3. The summed E-state index contributed by atoms with van der Waals surface area (Å²) in [6.07, 6.45) is 5.42. The van der Waals surface area contributed by atoms with Crippen LogP contribution in [0.15, 0.2) is 6.07 Å². The van der Waals surface area contributed by atoms with Crippen LogP contribution in [0.4, 0.5) is 0 Å². The molecule has 80 valence electrons. The van der Waals surface area contributed by atoms with Crippen molar-refractivity contribution in [3.8, 4) is 12.3 Å². The van der Waals surface area contributed by atoms with Crippen LogP contribution in [-0.2, 0) is 17.2 Å². The Morgan fingerprint density at radius 3 is 2.73 bits per heavy atom. The van der Waals surface area contributed by atoms with E-state index in [0.717, 1.165) is 5.69 Å². The van der Waals surface area contributed by atoms with Gasteiger partial charge in [0.05, 0.1) is 18.2 Å². The first-order valence-corrected chi connectivity index (χ1v) is 4.53. The average Bonchev–Trinajstić information content (AvgIpc) is 2.60. The Bertz CT molecular complexity index is 424. The number of terminal acetylenes is 1. The highest BCUT2D eigenvalue weighted by Gasteiger charge is 2.24. The standard InChI is InChI=1S/C11H14N2O2/c1-6-11(2,3)9-7-8(10(14)15-5)12-13(9)4/h1,7H,2-5H3. The van der Waals surface area contributed by atoms with E-state index in [1.807, 2.05) is 13.8 Å². The molecule has 0 aliphatic rings. The summed E-state index contributed by atoms with van der Waals surface area (Å²) >= 11 is 0. The molecule has 0 aliphatic heterocycles. The van der Waals surface area contributed by atoms with Gasteiger partial charge in [-0.3, -0.25) is 4.68 Å². The molecule has 0 N–H and O–H groups in total. The summed E-state index contributed by atoms with van der Waals surface area (Å²) in [7, 11) is 3.07. The normalized spacial score (nSPS) is 10.9. The van der Waals surface area contributed by atoms with Crippen molar-refractivity contribution in [2.45, 2.75) is 19.3 Å². The summed E-state index contributed by atoms with van der Waals surface area (Å²) in [5, 5.41) is 4.04. The fourth-order valence-electron chi connectivity index (χ4n) is 1.33. The average molecular weight is 206 g/mol. The quantitative estimate of drug-likeness (QED) is 0.538. The molecule has 0 atom stereocenters. The summed E-state index contributed by atoms with van der Waals surface area (Å²) in [6.45, 7) is 3.79. The predicted octanol–water partition coefficient (Wildman–Crippen LogP) is 1.12. The maximum absolute atomic E-state index is 11.2. The second-order valence-electron chi connectivity index (χ2n) is 3.80. The minimum Gasteiger partial charge on any atom is -0.464 e. The molecule has 0 saturated carbocycles. The predicted molar refractivity (Wildman–Crippen MR) is 56.4 cm³/mol. The smallest absolute Gasteiger partial charge is 0.358 e. The van der Waals surface area contributed by atoms with Crippen molar-refractivity contribution in [3.63, 3.8) is 0 Å². The zero-order valence-corrected chi connectivity index (χ0v) is 9.37. The van der Waals surface area contributed by atoms with E-state index < -0.39 is 11.4 Å². The summed E-state index contributed by atoms with van der Waals surface area (Å²) in [5.74, 6) is 2.20. The molecule has 0 fully saturated rings. The lowest BCUT2D eigenvalue weighted by atomic mass is 9.90. The van der Waals surface area contributed by atoms with Crippen molar-refractivity contribution in [1.29, 1.82) is 0 Å². The van der Waals surface area contributed by atoms with Crippen molar-refractivity contribution < 1.29 is 9.53 Å². The maximum atomic E-state index is 11.2. The van der Waals surface area contributed by atoms with E-state index in [1.165, 1.54) is 7.11 Å². The number of nitrogens with zero attached hydrogens (tertiary/aromatic N) is 2. The minimum absolute atomic E-state index is 0.276. The lowest BCUT2D eigenvalue weighted by Crippen LogP contribution is -2.18. The number of aromatic nitrogens is 2. The monoisotopic (exact) mass is 206 g/mol. The van der Waals surface area contributed by atoms with Crippen LogP contribution < -0.4 is 0 Å². The molecule has 0 amide bonds. The van der Waals surface area contributed by atoms with Crippen molar-refractivity contribution in [2.75, 3.05) is 7.11 Å². The van der Waals surface area contributed by atoms with Crippen LogP contribution in [0.3, 0.4) is 0 Å². The molecule has 0 aliphatic carbocycles. The molecule has 0 radical (unpaired) electrons. The van der Waals surface area contributed by atoms with Gasteiger partial charge in [0.15, 0.2) is 5.69 Å². The molecular formula is C11H14N2O2. The third-order valence-corrected chi connectivity index (χ3v) is 2.28. The summed E-state index contributed by atoms with van der Waals surface area (Å²) < 4.78 is 6.19. The van der Waals surface area contributed by atoms with Crippen LogP contribution in [0.1, 0.15) is 30.0 Å². The highest BCUT2D eigenvalue weighted by Crippen LogP contribution is 2.22. The molecule has 0 saturated heterocycles. The molecule has 1 rings (SSSR count). The lowest BCUT2D eigenvalue weighted by Gasteiger charge is -2.16. The van der Waals surface area contributed by atoms with Crippen molar-refractivity contribution in [3.05, 3.63) is 17.5 Å². The number of carbonyl (C=O) groups excluding carboxylic acids is 1. The highest BCUT2D eigenvalue weighted by molar-refractivity contribution is 5.87. The van der Waals surface area contributed by atoms with E-state index in [0.29, 0.717) is 0 Å². The van der Waals surface area contributed by atoms with E-state index in [4.69, 9.17) is 6.42 Å². The molecule has 1 aromatic heterocycles. The number of aryl methyl sites for hydroxylation is 1. The van der Waals surface area contributed by atoms with Gasteiger partial charge in [0.1, 0.15) is 0 Å². The van der Waals surface area contributed by atoms with Crippen LogP contribution >= 0.6 is 0 Å². The van der Waals surface area contributed by atoms with Crippen molar-refractivity contribution in [1.82, 2.24) is 9.78 Å². The Morgan fingerprint density at radius 1 is 1.67 bits per heavy atom. The molecular weight excluding hydrogens is 192 g/mol. The fraction of sp³-hybridized carbons (Fsp3) is 0.455. The number of esters is 1. The topological polar surface area (TPSA) is 44.1 Å². The molecule has 0 spiro atoms. The molecule has 15 heavy (non-hydrogen) atoms. The van der Waals surface area contributed by atoms with Gasteiger partial charge >= 0.3 is 5.97 Å². The van der Waals surface area contributed by atoms with Gasteiger partial charge in [0.2, 0.25) is 0 Å². The van der Waals surface area contributed by atoms with Crippen LogP contribution in [0.25, 0.3) is 0 Å². The van der Waals surface area contributed by atoms with Gasteiger partial charge in [-0.15, -0.1) is 6.42 Å². The van der Waals surface area contributed by atoms with Gasteiger partial charge in [-0.2, -0.15) is 5.10 Å². The first-order valence-electron chi connectivity index (χ1n) is 4.53. The summed E-state index contributed by atoms with van der Waals surface area (Å²) in [5.41, 5.74) is 0.636. The Morgan fingerprint density at radius 2 is 2.27 bits per heavy atom. The lowest BCUT2D eigenvalue weighted by molar-refractivity contribution is 0.0593. The summed E-state index contributed by atoms with van der Waals surface area (Å²) in [6, 6.07) is 1.66. The second kappa shape index (κ2) is 3.77. The molecule has 1 heterocycles. The molecule has 0 bridgehead atoms. The Labute approximate surface area is 89.2 Å². The maximum Gasteiger partial charge on any atom is 0.358 e. The van der Waals surface area contributed by atoms with Crippen LogP contribution in [0.5, 0.6) is 0 Å². The molecule has 0 unspecified atom stereocenters. The zero-order chi connectivity index (χ0) is 11.6. The Balaban J connectivity index is 3.19. The van der Waals surface area contributed by atoms with Gasteiger partial charge in [0, 0.05) is 7.05 Å². The third-order valence-electron chi connectivity index (χ3n) is 2.28. The highest BCUT2D eigenvalue weighted by atomic mass is 16.5. The number of hydrogen-bond donors (Lipinski definition) is 0. The molecule has 0 aromatic carbocycles. The van der Waals surface area contributed by atoms with Gasteiger partial charge in [-0.1, -0.05) is 5.92 Å². The van der Waals surface area contributed by atoms with Gasteiger partial charge in [0.25, 0.3) is 0 Å². The Hall–Kier alpha value is -1.76. The number of hydrogen-bond acceptors (Lipinski definition) is 3. The van der Waals surface area contributed by atoms with Gasteiger partial charge < -0.3 is 4.74 Å². The molecule has 1 aromatic rings. The Kier molecular flexibility index (Phi) is 2.85.